The van der Waals surface area contributed by atoms with E-state index in [1.165, 1.54) is 25.7 Å². The number of carbonyl (C=O) groups is 1. The molecule has 2 aliphatic rings. The smallest absolute Gasteiger partial charge is 0.237 e. The third-order valence-electron chi connectivity index (χ3n) is 6.86. The van der Waals surface area contributed by atoms with Crippen LogP contribution >= 0.6 is 0 Å². The number of β-amino-alcohol motifs (C(OH)–C–C–N with tert-alkyl or cyclic N) is 1. The van der Waals surface area contributed by atoms with E-state index >= 15 is 0 Å². The first-order valence-corrected chi connectivity index (χ1v) is 11.9. The minimum absolute atomic E-state index is 0.285. The van der Waals surface area contributed by atoms with Gasteiger partial charge in [-0.05, 0) is 71.1 Å². The molecule has 0 spiro atoms. The summed E-state index contributed by atoms with van der Waals surface area (Å²) in [5, 5.41) is 10.5. The maximum Gasteiger partial charge on any atom is 0.237 e. The summed E-state index contributed by atoms with van der Waals surface area (Å²) in [5.41, 5.74) is 0.995. The van der Waals surface area contributed by atoms with Gasteiger partial charge in [-0.2, -0.15) is 0 Å². The van der Waals surface area contributed by atoms with Gasteiger partial charge in [0.25, 0.3) is 0 Å². The van der Waals surface area contributed by atoms with Crippen LogP contribution in [0.3, 0.4) is 0 Å². The molecule has 1 unspecified atom stereocenters. The number of hydrogen-bond acceptors (Lipinski definition) is 4. The fraction of sp³-hybridized carbons (Fsp3) is 0.720. The second kappa shape index (κ2) is 11.3. The number of nitrogens with zero attached hydrogens (tertiary/aromatic N) is 3. The van der Waals surface area contributed by atoms with Gasteiger partial charge in [0, 0.05) is 25.2 Å². The average molecular weight is 416 g/mol. The Kier molecular flexibility index (Phi) is 8.72. The van der Waals surface area contributed by atoms with Crippen molar-refractivity contribution in [1.82, 2.24) is 14.7 Å². The Labute approximate surface area is 183 Å². The molecule has 5 nitrogen and oxygen atoms in total. The van der Waals surface area contributed by atoms with Crippen LogP contribution in [0.25, 0.3) is 0 Å². The van der Waals surface area contributed by atoms with Crippen molar-refractivity contribution in [2.75, 3.05) is 39.8 Å². The van der Waals surface area contributed by atoms with E-state index in [9.17, 15) is 9.90 Å². The van der Waals surface area contributed by atoms with Gasteiger partial charge in [0.2, 0.25) is 5.91 Å². The largest absolute Gasteiger partial charge is 0.387 e. The number of aliphatic hydroxyl groups is 1. The molecule has 1 saturated carbocycles. The van der Waals surface area contributed by atoms with Gasteiger partial charge in [0.1, 0.15) is 0 Å². The molecule has 1 aromatic carbocycles. The van der Waals surface area contributed by atoms with E-state index in [0.717, 1.165) is 38.0 Å². The molecule has 0 aromatic heterocycles. The average Bonchev–Trinajstić information content (AvgIpc) is 3.24. The molecule has 5 heteroatoms. The fourth-order valence-corrected chi connectivity index (χ4v) is 5.29. The third kappa shape index (κ3) is 6.53. The highest BCUT2D eigenvalue weighted by Gasteiger charge is 2.30. The van der Waals surface area contributed by atoms with Gasteiger partial charge >= 0.3 is 0 Å². The number of rotatable bonds is 9. The van der Waals surface area contributed by atoms with Crippen molar-refractivity contribution < 1.29 is 9.90 Å². The molecule has 1 atom stereocenters. The minimum atomic E-state index is -0.416. The molecular formula is C25H41N3O2. The zero-order valence-corrected chi connectivity index (χ0v) is 19.2. The molecule has 1 aliphatic heterocycles. The van der Waals surface area contributed by atoms with E-state index in [-0.39, 0.29) is 6.04 Å². The minimum Gasteiger partial charge on any atom is -0.387 e. The zero-order valence-electron chi connectivity index (χ0n) is 19.2. The standard InChI is InChI=1S/C25H41N3O2/c1-20(2)28(23-11-7-8-12-23)25(30)19-26(3)17-21-13-15-27(16-14-21)18-24(29)22-9-5-4-6-10-22/h4-6,9-10,20-21,23-24,29H,7-8,11-19H2,1-3H3. The van der Waals surface area contributed by atoms with Gasteiger partial charge in [-0.1, -0.05) is 43.2 Å². The van der Waals surface area contributed by atoms with E-state index in [1.54, 1.807) is 0 Å². The lowest BCUT2D eigenvalue weighted by molar-refractivity contribution is -0.136. The first-order chi connectivity index (χ1) is 14.4. The van der Waals surface area contributed by atoms with Crippen LogP contribution in [0.2, 0.25) is 0 Å². The maximum absolute atomic E-state index is 13.0. The van der Waals surface area contributed by atoms with E-state index in [2.05, 4.69) is 35.6 Å². The number of piperidine rings is 1. The molecule has 1 N–H and O–H groups in total. The predicted molar refractivity (Wildman–Crippen MR) is 122 cm³/mol. The summed E-state index contributed by atoms with van der Waals surface area (Å²) in [6, 6.07) is 10.7. The van der Waals surface area contributed by atoms with Crippen LogP contribution in [0.1, 0.15) is 64.0 Å². The van der Waals surface area contributed by atoms with Gasteiger partial charge in [0.15, 0.2) is 0 Å². The van der Waals surface area contributed by atoms with Crippen LogP contribution in [0.15, 0.2) is 30.3 Å². The molecule has 1 aliphatic carbocycles. The quantitative estimate of drug-likeness (QED) is 0.670. The number of amides is 1. The number of hydrogen-bond donors (Lipinski definition) is 1. The highest BCUT2D eigenvalue weighted by atomic mass is 16.3. The van der Waals surface area contributed by atoms with E-state index in [1.807, 2.05) is 30.3 Å². The number of aliphatic hydroxyl groups excluding tert-OH is 1. The lowest BCUT2D eigenvalue weighted by atomic mass is 9.95. The van der Waals surface area contributed by atoms with Gasteiger partial charge in [-0.3, -0.25) is 9.69 Å². The normalized spacial score (nSPS) is 20.2. The van der Waals surface area contributed by atoms with Crippen molar-refractivity contribution in [1.29, 1.82) is 0 Å². The van der Waals surface area contributed by atoms with Crippen molar-refractivity contribution in [2.24, 2.45) is 5.92 Å². The van der Waals surface area contributed by atoms with Crippen LogP contribution in [0, 0.1) is 5.92 Å². The van der Waals surface area contributed by atoms with E-state index in [4.69, 9.17) is 0 Å². The van der Waals surface area contributed by atoms with Crippen LogP contribution < -0.4 is 0 Å². The summed E-state index contributed by atoms with van der Waals surface area (Å²) in [5.74, 6) is 0.926. The maximum atomic E-state index is 13.0. The molecule has 0 radical (unpaired) electrons. The van der Waals surface area contributed by atoms with Crippen LogP contribution in [0.5, 0.6) is 0 Å². The van der Waals surface area contributed by atoms with Crippen molar-refractivity contribution in [3.05, 3.63) is 35.9 Å². The van der Waals surface area contributed by atoms with Crippen LogP contribution in [-0.2, 0) is 4.79 Å². The molecular weight excluding hydrogens is 374 g/mol. The van der Waals surface area contributed by atoms with Gasteiger partial charge in [-0.25, -0.2) is 0 Å². The molecule has 168 valence electrons. The van der Waals surface area contributed by atoms with Crippen molar-refractivity contribution >= 4 is 5.91 Å². The summed E-state index contributed by atoms with van der Waals surface area (Å²) in [7, 11) is 2.09. The zero-order chi connectivity index (χ0) is 21.5. The highest BCUT2D eigenvalue weighted by molar-refractivity contribution is 5.79. The first kappa shape index (κ1) is 23.2. The number of likely N-dealkylation sites (N-methyl/N-ethyl adjacent to an activating group) is 1. The van der Waals surface area contributed by atoms with Crippen molar-refractivity contribution in [2.45, 2.75) is 70.6 Å². The SMILES string of the molecule is CC(C)N(C(=O)CN(C)CC1CCN(CC(O)c2ccccc2)CC1)C1CCCC1. The van der Waals surface area contributed by atoms with Crippen molar-refractivity contribution in [3.63, 3.8) is 0 Å². The summed E-state index contributed by atoms with van der Waals surface area (Å²) in [6.45, 7) is 8.56. The lowest BCUT2D eigenvalue weighted by Crippen LogP contribution is -2.48. The number of likely N-dealkylation sites (tertiary alicyclic amines) is 1. The molecule has 1 saturated heterocycles. The Morgan fingerprint density at radius 3 is 2.33 bits per heavy atom. The van der Waals surface area contributed by atoms with Gasteiger partial charge < -0.3 is 14.9 Å². The number of benzene rings is 1. The highest BCUT2D eigenvalue weighted by Crippen LogP contribution is 2.26. The Balaban J connectivity index is 1.40. The van der Waals surface area contributed by atoms with E-state index < -0.39 is 6.10 Å². The first-order valence-electron chi connectivity index (χ1n) is 11.9. The second-order valence-corrected chi connectivity index (χ2v) is 9.70. The monoisotopic (exact) mass is 415 g/mol. The van der Waals surface area contributed by atoms with Gasteiger partial charge in [0.05, 0.1) is 12.6 Å². The Morgan fingerprint density at radius 2 is 1.73 bits per heavy atom. The molecule has 30 heavy (non-hydrogen) atoms. The second-order valence-electron chi connectivity index (χ2n) is 9.70. The topological polar surface area (TPSA) is 47.0 Å². The summed E-state index contributed by atoms with van der Waals surface area (Å²) >= 11 is 0. The summed E-state index contributed by atoms with van der Waals surface area (Å²) in [6.07, 6.45) is 6.71. The summed E-state index contributed by atoms with van der Waals surface area (Å²) in [4.78, 5) is 19.7. The Hall–Kier alpha value is -1.43. The Bertz CT molecular complexity index is 637. The Morgan fingerprint density at radius 1 is 1.10 bits per heavy atom. The molecule has 3 rings (SSSR count). The number of carbonyl (C=O) groups excluding carboxylic acids is 1. The van der Waals surface area contributed by atoms with Crippen LogP contribution in [-0.4, -0.2) is 77.6 Å². The third-order valence-corrected chi connectivity index (χ3v) is 6.86. The van der Waals surface area contributed by atoms with E-state index in [0.29, 0.717) is 31.0 Å². The predicted octanol–water partition coefficient (Wildman–Crippen LogP) is 3.54. The van der Waals surface area contributed by atoms with Crippen LogP contribution in [0.4, 0.5) is 0 Å². The molecule has 0 bridgehead atoms. The molecule has 1 amide bonds. The molecule has 1 heterocycles. The summed E-state index contributed by atoms with van der Waals surface area (Å²) < 4.78 is 0. The molecule has 1 aromatic rings. The fourth-order valence-electron chi connectivity index (χ4n) is 5.29. The van der Waals surface area contributed by atoms with Gasteiger partial charge in [-0.15, -0.1) is 0 Å². The van der Waals surface area contributed by atoms with Crippen molar-refractivity contribution in [3.8, 4) is 0 Å². The molecule has 2 fully saturated rings. The lowest BCUT2D eigenvalue weighted by Gasteiger charge is -2.36.